The number of aromatic nitrogens is 1. The van der Waals surface area contributed by atoms with E-state index < -0.39 is 11.8 Å². The van der Waals surface area contributed by atoms with Crippen LogP contribution in [0.2, 0.25) is 0 Å². The number of carboxylic acids is 1. The van der Waals surface area contributed by atoms with E-state index in [0.29, 0.717) is 11.3 Å². The zero-order chi connectivity index (χ0) is 14.5. The summed E-state index contributed by atoms with van der Waals surface area (Å²) in [6, 6.07) is 7.08. The Morgan fingerprint density at radius 2 is 2.15 bits per heavy atom. The topological polar surface area (TPSA) is 68.7 Å². The van der Waals surface area contributed by atoms with Gasteiger partial charge in [0, 0.05) is 11.8 Å². The highest BCUT2D eigenvalue weighted by molar-refractivity contribution is 5.88. The van der Waals surface area contributed by atoms with Crippen LogP contribution in [0.25, 0.3) is 0 Å². The van der Waals surface area contributed by atoms with E-state index in [0.717, 1.165) is 0 Å². The predicted octanol–water partition coefficient (Wildman–Crippen LogP) is 2.51. The van der Waals surface area contributed by atoms with Crippen LogP contribution in [0.3, 0.4) is 0 Å². The van der Waals surface area contributed by atoms with Crippen LogP contribution in [0, 0.1) is 5.82 Å². The smallest absolute Gasteiger partial charge is 0.358 e. The molecule has 0 atom stereocenters. The van der Waals surface area contributed by atoms with Crippen molar-refractivity contribution < 1.29 is 23.8 Å². The molecule has 2 rings (SSSR count). The molecule has 2 aromatic rings. The van der Waals surface area contributed by atoms with Gasteiger partial charge >= 0.3 is 5.97 Å². The van der Waals surface area contributed by atoms with E-state index in [4.69, 9.17) is 14.6 Å². The quantitative estimate of drug-likeness (QED) is 0.909. The standard InChI is InChI=1S/C14H12FNO4/c1-19-11-5-4-10(15)7-9(11)8-20-12-3-2-6-16-13(12)14(17)18/h2-7H,8H2,1H3,(H,17,18). The minimum absolute atomic E-state index is 0.0209. The number of carboxylic acid groups (broad SMARTS) is 1. The summed E-state index contributed by atoms with van der Waals surface area (Å²) in [6.45, 7) is -0.0209. The minimum atomic E-state index is -1.19. The van der Waals surface area contributed by atoms with Gasteiger partial charge < -0.3 is 14.6 Å². The van der Waals surface area contributed by atoms with Gasteiger partial charge in [0.15, 0.2) is 11.4 Å². The Kier molecular flexibility index (Phi) is 4.14. The molecule has 0 aliphatic carbocycles. The molecular weight excluding hydrogens is 265 g/mol. The van der Waals surface area contributed by atoms with Crippen LogP contribution < -0.4 is 9.47 Å². The van der Waals surface area contributed by atoms with Crippen molar-refractivity contribution in [3.05, 3.63) is 53.6 Å². The number of pyridine rings is 1. The number of hydrogen-bond acceptors (Lipinski definition) is 4. The molecule has 1 aromatic heterocycles. The molecule has 1 N–H and O–H groups in total. The summed E-state index contributed by atoms with van der Waals surface area (Å²) in [5.74, 6) is -1.03. The summed E-state index contributed by atoms with van der Waals surface area (Å²) < 4.78 is 23.7. The molecule has 0 saturated carbocycles. The Morgan fingerprint density at radius 1 is 1.35 bits per heavy atom. The van der Waals surface area contributed by atoms with Gasteiger partial charge in [-0.1, -0.05) is 0 Å². The van der Waals surface area contributed by atoms with Crippen LogP contribution in [0.1, 0.15) is 16.1 Å². The lowest BCUT2D eigenvalue weighted by Gasteiger charge is -2.11. The SMILES string of the molecule is COc1ccc(F)cc1COc1cccnc1C(=O)O. The summed E-state index contributed by atoms with van der Waals surface area (Å²) in [4.78, 5) is 14.7. The summed E-state index contributed by atoms with van der Waals surface area (Å²) in [7, 11) is 1.46. The van der Waals surface area contributed by atoms with Crippen molar-refractivity contribution >= 4 is 5.97 Å². The lowest BCUT2D eigenvalue weighted by molar-refractivity contribution is 0.0685. The number of methoxy groups -OCH3 is 1. The summed E-state index contributed by atoms with van der Waals surface area (Å²) in [6.07, 6.45) is 1.36. The molecule has 20 heavy (non-hydrogen) atoms. The van der Waals surface area contributed by atoms with Gasteiger partial charge in [-0.05, 0) is 30.3 Å². The van der Waals surface area contributed by atoms with Crippen molar-refractivity contribution in [1.82, 2.24) is 4.98 Å². The maximum atomic E-state index is 13.2. The van der Waals surface area contributed by atoms with Crippen LogP contribution in [-0.4, -0.2) is 23.2 Å². The van der Waals surface area contributed by atoms with E-state index >= 15 is 0 Å². The Morgan fingerprint density at radius 3 is 2.85 bits per heavy atom. The molecular formula is C14H12FNO4. The van der Waals surface area contributed by atoms with Crippen LogP contribution >= 0.6 is 0 Å². The van der Waals surface area contributed by atoms with E-state index in [2.05, 4.69) is 4.98 Å². The first-order valence-corrected chi connectivity index (χ1v) is 5.75. The van der Waals surface area contributed by atoms with Gasteiger partial charge in [0.25, 0.3) is 0 Å². The van der Waals surface area contributed by atoms with Gasteiger partial charge in [-0.3, -0.25) is 0 Å². The Labute approximate surface area is 114 Å². The van der Waals surface area contributed by atoms with Gasteiger partial charge in [0.05, 0.1) is 7.11 Å². The first-order valence-electron chi connectivity index (χ1n) is 5.75. The first-order chi connectivity index (χ1) is 9.61. The maximum Gasteiger partial charge on any atom is 0.358 e. The second-order valence-electron chi connectivity index (χ2n) is 3.90. The third-order valence-electron chi connectivity index (χ3n) is 2.60. The van der Waals surface area contributed by atoms with Crippen LogP contribution in [0.4, 0.5) is 4.39 Å². The van der Waals surface area contributed by atoms with Crippen LogP contribution in [0.15, 0.2) is 36.5 Å². The van der Waals surface area contributed by atoms with Gasteiger partial charge in [-0.25, -0.2) is 14.2 Å². The van der Waals surface area contributed by atoms with Crippen LogP contribution in [0.5, 0.6) is 11.5 Å². The first kappa shape index (κ1) is 13.8. The fourth-order valence-electron chi connectivity index (χ4n) is 1.68. The number of benzene rings is 1. The number of aromatic carboxylic acids is 1. The van der Waals surface area contributed by atoms with E-state index in [1.165, 1.54) is 37.6 Å². The number of hydrogen-bond donors (Lipinski definition) is 1. The molecule has 0 saturated heterocycles. The molecule has 5 nitrogen and oxygen atoms in total. The average Bonchev–Trinajstić information content (AvgIpc) is 2.45. The molecule has 0 bridgehead atoms. The minimum Gasteiger partial charge on any atom is -0.496 e. The van der Waals surface area contributed by atoms with Crippen molar-refractivity contribution in [2.75, 3.05) is 7.11 Å². The van der Waals surface area contributed by atoms with Crippen molar-refractivity contribution in [2.24, 2.45) is 0 Å². The number of rotatable bonds is 5. The molecule has 1 aromatic carbocycles. The van der Waals surface area contributed by atoms with Crippen LogP contribution in [-0.2, 0) is 6.61 Å². The third-order valence-corrected chi connectivity index (χ3v) is 2.60. The van der Waals surface area contributed by atoms with E-state index in [1.54, 1.807) is 6.07 Å². The predicted molar refractivity (Wildman–Crippen MR) is 68.5 cm³/mol. The number of carbonyl (C=O) groups is 1. The Bertz CT molecular complexity index is 630. The number of halogens is 1. The molecule has 0 fully saturated rings. The van der Waals surface area contributed by atoms with Crippen molar-refractivity contribution in [1.29, 1.82) is 0 Å². The molecule has 0 unspecified atom stereocenters. The lowest BCUT2D eigenvalue weighted by atomic mass is 10.2. The fraction of sp³-hybridized carbons (Fsp3) is 0.143. The number of ether oxygens (including phenoxy) is 2. The lowest BCUT2D eigenvalue weighted by Crippen LogP contribution is -2.06. The van der Waals surface area contributed by atoms with E-state index in [9.17, 15) is 9.18 Å². The molecule has 0 spiro atoms. The molecule has 0 amide bonds. The Balaban J connectivity index is 2.21. The maximum absolute atomic E-state index is 13.2. The molecule has 0 aliphatic rings. The molecule has 0 aliphatic heterocycles. The van der Waals surface area contributed by atoms with Crippen molar-refractivity contribution in [2.45, 2.75) is 6.61 Å². The molecule has 0 radical (unpaired) electrons. The summed E-state index contributed by atoms with van der Waals surface area (Å²) in [5, 5.41) is 8.98. The van der Waals surface area contributed by atoms with Gasteiger partial charge in [0.1, 0.15) is 18.2 Å². The zero-order valence-electron chi connectivity index (χ0n) is 10.7. The Hall–Kier alpha value is -2.63. The fourth-order valence-corrected chi connectivity index (χ4v) is 1.68. The second-order valence-corrected chi connectivity index (χ2v) is 3.90. The highest BCUT2D eigenvalue weighted by atomic mass is 19.1. The summed E-state index contributed by atoms with van der Waals surface area (Å²) >= 11 is 0. The zero-order valence-corrected chi connectivity index (χ0v) is 10.7. The molecule has 1 heterocycles. The average molecular weight is 277 g/mol. The monoisotopic (exact) mass is 277 g/mol. The van der Waals surface area contributed by atoms with E-state index in [-0.39, 0.29) is 18.1 Å². The second kappa shape index (κ2) is 6.01. The third kappa shape index (κ3) is 3.03. The largest absolute Gasteiger partial charge is 0.496 e. The molecule has 104 valence electrons. The van der Waals surface area contributed by atoms with Gasteiger partial charge in [0.2, 0.25) is 0 Å². The highest BCUT2D eigenvalue weighted by Gasteiger charge is 2.13. The normalized spacial score (nSPS) is 10.1. The number of nitrogens with zero attached hydrogens (tertiary/aromatic N) is 1. The van der Waals surface area contributed by atoms with Crippen molar-refractivity contribution in [3.8, 4) is 11.5 Å². The van der Waals surface area contributed by atoms with Gasteiger partial charge in [-0.15, -0.1) is 0 Å². The summed E-state index contributed by atoms with van der Waals surface area (Å²) in [5.41, 5.74) is 0.288. The van der Waals surface area contributed by atoms with Crippen molar-refractivity contribution in [3.63, 3.8) is 0 Å². The van der Waals surface area contributed by atoms with Gasteiger partial charge in [-0.2, -0.15) is 0 Å². The van der Waals surface area contributed by atoms with E-state index in [1.807, 2.05) is 0 Å². The highest BCUT2D eigenvalue weighted by Crippen LogP contribution is 2.23. The molecule has 6 heteroatoms.